The quantitative estimate of drug-likeness (QED) is 0.612. The number of aromatic carboxylic acids is 1. The van der Waals surface area contributed by atoms with Gasteiger partial charge in [-0.05, 0) is 55.0 Å². The molecule has 1 fully saturated rings. The van der Waals surface area contributed by atoms with Crippen molar-refractivity contribution in [1.29, 1.82) is 0 Å². The van der Waals surface area contributed by atoms with Crippen LogP contribution < -0.4 is 0 Å². The first kappa shape index (κ1) is 17.7. The highest BCUT2D eigenvalue weighted by Gasteiger charge is 2.20. The summed E-state index contributed by atoms with van der Waals surface area (Å²) in [6, 6.07) is 12.4. The Hall–Kier alpha value is -2.75. The van der Waals surface area contributed by atoms with E-state index in [4.69, 9.17) is 0 Å². The molecule has 0 bridgehead atoms. The molecule has 3 aromatic rings. The minimum absolute atomic E-state index is 0.117. The van der Waals surface area contributed by atoms with Gasteiger partial charge in [-0.2, -0.15) is 0 Å². The fraction of sp³-hybridized carbons (Fsp3) is 0.304. The Kier molecular flexibility index (Phi) is 4.65. The van der Waals surface area contributed by atoms with Crippen molar-refractivity contribution in [1.82, 2.24) is 4.98 Å². The fourth-order valence-electron chi connectivity index (χ4n) is 4.24. The number of benzene rings is 2. The molecule has 4 heteroatoms. The summed E-state index contributed by atoms with van der Waals surface area (Å²) in [6.07, 6.45) is 6.38. The van der Waals surface area contributed by atoms with E-state index in [0.717, 1.165) is 5.56 Å². The molecule has 27 heavy (non-hydrogen) atoms. The van der Waals surface area contributed by atoms with Gasteiger partial charge in [0.1, 0.15) is 5.82 Å². The Morgan fingerprint density at radius 2 is 1.78 bits per heavy atom. The Bertz CT molecular complexity index is 1010. The Morgan fingerprint density at radius 1 is 1.07 bits per heavy atom. The average Bonchev–Trinajstić information content (AvgIpc) is 2.68. The van der Waals surface area contributed by atoms with E-state index in [-0.39, 0.29) is 5.56 Å². The summed E-state index contributed by atoms with van der Waals surface area (Å²) in [5.41, 5.74) is 4.04. The maximum Gasteiger partial charge on any atom is 0.336 e. The number of rotatable bonds is 3. The first-order valence-corrected chi connectivity index (χ1v) is 9.48. The number of carboxylic acid groups (broad SMARTS) is 1. The first-order chi connectivity index (χ1) is 13.0. The summed E-state index contributed by atoms with van der Waals surface area (Å²) < 4.78 is 13.6. The standard InChI is InChI=1S/C23H22FNO2/c1-14-21(23(26)27)19-13-18(24)11-12-20(19)25-22(14)17-9-7-16(8-10-17)15-5-3-2-4-6-15/h7-13,15H,2-6H2,1H3,(H,26,27). The lowest BCUT2D eigenvalue weighted by atomic mass is 9.83. The van der Waals surface area contributed by atoms with Gasteiger partial charge in [-0.1, -0.05) is 43.5 Å². The molecule has 3 nitrogen and oxygen atoms in total. The topological polar surface area (TPSA) is 50.2 Å². The molecular formula is C23H22FNO2. The number of pyridine rings is 1. The summed E-state index contributed by atoms with van der Waals surface area (Å²) >= 11 is 0. The minimum Gasteiger partial charge on any atom is -0.478 e. The van der Waals surface area contributed by atoms with Gasteiger partial charge in [0.15, 0.2) is 0 Å². The van der Waals surface area contributed by atoms with Crippen molar-refractivity contribution in [3.63, 3.8) is 0 Å². The summed E-state index contributed by atoms with van der Waals surface area (Å²) in [6.45, 7) is 1.74. The summed E-state index contributed by atoms with van der Waals surface area (Å²) in [7, 11) is 0. The third kappa shape index (κ3) is 3.32. The second kappa shape index (κ2) is 7.10. The number of nitrogens with zero attached hydrogens (tertiary/aromatic N) is 1. The molecule has 0 amide bonds. The molecule has 1 aliphatic carbocycles. The lowest BCUT2D eigenvalue weighted by molar-refractivity contribution is 0.0698. The van der Waals surface area contributed by atoms with Gasteiger partial charge < -0.3 is 5.11 Å². The highest BCUT2D eigenvalue weighted by atomic mass is 19.1. The minimum atomic E-state index is -1.06. The highest BCUT2D eigenvalue weighted by Crippen LogP contribution is 2.35. The third-order valence-electron chi connectivity index (χ3n) is 5.66. The molecule has 0 atom stereocenters. The number of aromatic nitrogens is 1. The molecule has 0 unspecified atom stereocenters. The van der Waals surface area contributed by atoms with Crippen molar-refractivity contribution < 1.29 is 14.3 Å². The maximum absolute atomic E-state index is 13.6. The summed E-state index contributed by atoms with van der Waals surface area (Å²) in [5.74, 6) is -0.905. The monoisotopic (exact) mass is 363 g/mol. The van der Waals surface area contributed by atoms with Crippen molar-refractivity contribution in [3.8, 4) is 11.3 Å². The molecule has 0 radical (unpaired) electrons. The lowest BCUT2D eigenvalue weighted by Crippen LogP contribution is -2.06. The van der Waals surface area contributed by atoms with Gasteiger partial charge >= 0.3 is 5.97 Å². The number of hydrogen-bond donors (Lipinski definition) is 1. The number of halogens is 1. The molecule has 1 heterocycles. The normalized spacial score (nSPS) is 15.2. The molecule has 2 aromatic carbocycles. The molecule has 0 saturated heterocycles. The second-order valence-corrected chi connectivity index (χ2v) is 7.38. The van der Waals surface area contributed by atoms with Gasteiger partial charge in [0, 0.05) is 10.9 Å². The maximum atomic E-state index is 13.6. The predicted octanol–water partition coefficient (Wildman–Crippen LogP) is 6.10. The smallest absolute Gasteiger partial charge is 0.336 e. The van der Waals surface area contributed by atoms with Gasteiger partial charge in [-0.3, -0.25) is 0 Å². The van der Waals surface area contributed by atoms with Crippen molar-refractivity contribution in [2.24, 2.45) is 0 Å². The van der Waals surface area contributed by atoms with Crippen molar-refractivity contribution >= 4 is 16.9 Å². The van der Waals surface area contributed by atoms with Crippen LogP contribution in [0.25, 0.3) is 22.2 Å². The zero-order valence-electron chi connectivity index (χ0n) is 15.3. The van der Waals surface area contributed by atoms with Crippen LogP contribution in [0.15, 0.2) is 42.5 Å². The Balaban J connectivity index is 1.80. The first-order valence-electron chi connectivity index (χ1n) is 9.48. The van der Waals surface area contributed by atoms with Crippen LogP contribution in [-0.2, 0) is 0 Å². The fourth-order valence-corrected chi connectivity index (χ4v) is 4.24. The molecule has 1 N–H and O–H groups in total. The van der Waals surface area contributed by atoms with Gasteiger partial charge in [0.25, 0.3) is 0 Å². The van der Waals surface area contributed by atoms with Crippen LogP contribution in [0.1, 0.15) is 59.5 Å². The van der Waals surface area contributed by atoms with E-state index in [9.17, 15) is 14.3 Å². The van der Waals surface area contributed by atoms with Crippen LogP contribution in [0.5, 0.6) is 0 Å². The van der Waals surface area contributed by atoms with E-state index in [1.54, 1.807) is 6.92 Å². The van der Waals surface area contributed by atoms with E-state index >= 15 is 0 Å². The van der Waals surface area contributed by atoms with Crippen molar-refractivity contribution in [2.75, 3.05) is 0 Å². The summed E-state index contributed by atoms with van der Waals surface area (Å²) in [5, 5.41) is 10.0. The molecule has 138 valence electrons. The van der Waals surface area contributed by atoms with E-state index in [1.807, 2.05) is 12.1 Å². The van der Waals surface area contributed by atoms with Crippen LogP contribution in [0, 0.1) is 12.7 Å². The number of carbonyl (C=O) groups is 1. The van der Waals surface area contributed by atoms with E-state index in [1.165, 1.54) is 55.9 Å². The Labute approximate surface area is 157 Å². The zero-order chi connectivity index (χ0) is 19.0. The van der Waals surface area contributed by atoms with Gasteiger partial charge in [-0.25, -0.2) is 14.2 Å². The molecule has 0 aliphatic heterocycles. The zero-order valence-corrected chi connectivity index (χ0v) is 15.3. The SMILES string of the molecule is Cc1c(-c2ccc(C3CCCCC3)cc2)nc2ccc(F)cc2c1C(=O)O. The molecular weight excluding hydrogens is 341 g/mol. The summed E-state index contributed by atoms with van der Waals surface area (Å²) in [4.78, 5) is 16.5. The Morgan fingerprint density at radius 3 is 2.44 bits per heavy atom. The number of hydrogen-bond acceptors (Lipinski definition) is 2. The van der Waals surface area contributed by atoms with Crippen LogP contribution in [-0.4, -0.2) is 16.1 Å². The van der Waals surface area contributed by atoms with E-state index < -0.39 is 11.8 Å². The predicted molar refractivity (Wildman–Crippen MR) is 105 cm³/mol. The van der Waals surface area contributed by atoms with Gasteiger partial charge in [-0.15, -0.1) is 0 Å². The molecule has 0 spiro atoms. The largest absolute Gasteiger partial charge is 0.478 e. The molecule has 1 aromatic heterocycles. The van der Waals surface area contributed by atoms with Crippen LogP contribution in [0.3, 0.4) is 0 Å². The van der Waals surface area contributed by atoms with E-state index in [2.05, 4.69) is 17.1 Å². The number of carboxylic acids is 1. The van der Waals surface area contributed by atoms with Crippen molar-refractivity contribution in [2.45, 2.75) is 44.9 Å². The van der Waals surface area contributed by atoms with Crippen LogP contribution in [0.2, 0.25) is 0 Å². The molecule has 4 rings (SSSR count). The highest BCUT2D eigenvalue weighted by molar-refractivity contribution is 6.05. The van der Waals surface area contributed by atoms with Crippen molar-refractivity contribution in [3.05, 3.63) is 65.0 Å². The molecule has 1 aliphatic rings. The van der Waals surface area contributed by atoms with Crippen LogP contribution >= 0.6 is 0 Å². The number of fused-ring (bicyclic) bond motifs is 1. The molecule has 1 saturated carbocycles. The third-order valence-corrected chi connectivity index (χ3v) is 5.66. The van der Waals surface area contributed by atoms with Gasteiger partial charge in [0.2, 0.25) is 0 Å². The van der Waals surface area contributed by atoms with Gasteiger partial charge in [0.05, 0.1) is 16.8 Å². The average molecular weight is 363 g/mol. The second-order valence-electron chi connectivity index (χ2n) is 7.38. The van der Waals surface area contributed by atoms with Crippen LogP contribution in [0.4, 0.5) is 4.39 Å². The van der Waals surface area contributed by atoms with E-state index in [0.29, 0.717) is 28.1 Å². The lowest BCUT2D eigenvalue weighted by Gasteiger charge is -2.22.